The van der Waals surface area contributed by atoms with E-state index >= 15 is 0 Å². The van der Waals surface area contributed by atoms with E-state index in [9.17, 15) is 29.1 Å². The van der Waals surface area contributed by atoms with Gasteiger partial charge in [-0.25, -0.2) is 9.59 Å². The summed E-state index contributed by atoms with van der Waals surface area (Å²) in [5.74, 6) is -1.93. The van der Waals surface area contributed by atoms with E-state index in [1.165, 1.54) is 13.1 Å². The summed E-state index contributed by atoms with van der Waals surface area (Å²) in [5, 5.41) is 9.43. The van der Waals surface area contributed by atoms with Crippen LogP contribution in [0.2, 0.25) is 0 Å². The molecular weight excluding hydrogens is 516 g/mol. The second-order valence-corrected chi connectivity index (χ2v) is 10.2. The van der Waals surface area contributed by atoms with Gasteiger partial charge in [0, 0.05) is 30.8 Å². The summed E-state index contributed by atoms with van der Waals surface area (Å²) in [4.78, 5) is 66.4. The van der Waals surface area contributed by atoms with Crippen molar-refractivity contribution in [3.63, 3.8) is 0 Å². The zero-order chi connectivity index (χ0) is 28.4. The predicted octanol–water partition coefficient (Wildman–Crippen LogP) is 2.17. The molecule has 1 atom stereocenters. The van der Waals surface area contributed by atoms with Crippen molar-refractivity contribution in [3.05, 3.63) is 92.3 Å². The lowest BCUT2D eigenvalue weighted by Crippen LogP contribution is -2.48. The zero-order valence-corrected chi connectivity index (χ0v) is 22.0. The molecule has 1 aromatic heterocycles. The third kappa shape index (κ3) is 5.40. The highest BCUT2D eigenvalue weighted by molar-refractivity contribution is 5.81. The Bertz CT molecular complexity index is 1530. The van der Waals surface area contributed by atoms with Crippen LogP contribution in [0.4, 0.5) is 4.79 Å². The molecule has 11 nitrogen and oxygen atoms in total. The van der Waals surface area contributed by atoms with Crippen LogP contribution in [0, 0.1) is 6.92 Å². The lowest BCUT2D eigenvalue weighted by Gasteiger charge is -2.30. The van der Waals surface area contributed by atoms with Gasteiger partial charge in [-0.15, -0.1) is 0 Å². The molecule has 0 radical (unpaired) electrons. The van der Waals surface area contributed by atoms with Crippen molar-refractivity contribution in [2.45, 2.75) is 38.3 Å². The van der Waals surface area contributed by atoms with Gasteiger partial charge in [0.15, 0.2) is 0 Å². The van der Waals surface area contributed by atoms with Gasteiger partial charge < -0.3 is 19.6 Å². The third-order valence-electron chi connectivity index (χ3n) is 7.55. The average Bonchev–Trinajstić information content (AvgIpc) is 3.52. The number of aromatic amines is 1. The SMILES string of the molecule is Cc1cn(CC(=O)N(CC(=O)O)C[C@H]2CCCN2C(=O)OCC2c3ccccc3-c3ccccc32)c(=O)[nH]c1=O. The van der Waals surface area contributed by atoms with Crippen molar-refractivity contribution in [1.29, 1.82) is 0 Å². The van der Waals surface area contributed by atoms with E-state index in [0.29, 0.717) is 19.4 Å². The first-order valence-corrected chi connectivity index (χ1v) is 13.1. The van der Waals surface area contributed by atoms with Crippen molar-refractivity contribution in [1.82, 2.24) is 19.4 Å². The molecule has 40 heavy (non-hydrogen) atoms. The van der Waals surface area contributed by atoms with Crippen LogP contribution >= 0.6 is 0 Å². The lowest BCUT2D eigenvalue weighted by atomic mass is 9.98. The van der Waals surface area contributed by atoms with Crippen LogP contribution in [0.15, 0.2) is 64.3 Å². The number of fused-ring (bicyclic) bond motifs is 3. The molecule has 1 aliphatic heterocycles. The van der Waals surface area contributed by atoms with Gasteiger partial charge >= 0.3 is 17.8 Å². The quantitative estimate of drug-likeness (QED) is 0.441. The molecule has 2 aromatic carbocycles. The number of carbonyl (C=O) groups excluding carboxylic acids is 2. The lowest BCUT2D eigenvalue weighted by molar-refractivity contribution is -0.145. The number of rotatable bonds is 8. The highest BCUT2D eigenvalue weighted by Gasteiger charge is 2.35. The number of benzene rings is 2. The Labute approximate surface area is 229 Å². The molecule has 11 heteroatoms. The van der Waals surface area contributed by atoms with Gasteiger partial charge in [0.05, 0.1) is 6.04 Å². The number of aliphatic carboxylic acids is 1. The molecule has 0 spiro atoms. The first-order valence-electron chi connectivity index (χ1n) is 13.1. The molecule has 2 amide bonds. The Hall–Kier alpha value is -4.67. The minimum atomic E-state index is -1.22. The highest BCUT2D eigenvalue weighted by Crippen LogP contribution is 2.44. The van der Waals surface area contributed by atoms with Crippen LogP contribution in [0.5, 0.6) is 0 Å². The van der Waals surface area contributed by atoms with Crippen LogP contribution in [0.1, 0.15) is 35.4 Å². The Morgan fingerprint density at radius 2 is 1.70 bits per heavy atom. The van der Waals surface area contributed by atoms with Gasteiger partial charge in [-0.1, -0.05) is 48.5 Å². The van der Waals surface area contributed by atoms with Crippen molar-refractivity contribution in [2.24, 2.45) is 0 Å². The van der Waals surface area contributed by atoms with Crippen LogP contribution in [0.3, 0.4) is 0 Å². The highest BCUT2D eigenvalue weighted by atomic mass is 16.6. The first-order chi connectivity index (χ1) is 19.2. The van der Waals surface area contributed by atoms with E-state index in [0.717, 1.165) is 31.7 Å². The van der Waals surface area contributed by atoms with Gasteiger partial charge in [0.25, 0.3) is 5.56 Å². The standard InChI is InChI=1S/C29H30N4O7/c1-18-13-32(28(38)30-27(18)37)15-25(34)31(16-26(35)36)14-19-7-6-12-33(19)29(39)40-17-24-22-10-4-2-8-20(22)21-9-3-5-11-23(21)24/h2-5,8-11,13,19,24H,6-7,12,14-17H2,1H3,(H,35,36)(H,30,37,38)/t19-/m1/s1. The summed E-state index contributed by atoms with van der Waals surface area (Å²) in [5.41, 5.74) is 3.37. The molecule has 1 aliphatic carbocycles. The van der Waals surface area contributed by atoms with E-state index < -0.39 is 48.4 Å². The predicted molar refractivity (Wildman–Crippen MR) is 145 cm³/mol. The van der Waals surface area contributed by atoms with Crippen molar-refractivity contribution in [3.8, 4) is 11.1 Å². The number of carboxylic acid groups (broad SMARTS) is 1. The maximum absolute atomic E-state index is 13.2. The van der Waals surface area contributed by atoms with Crippen LogP contribution in [-0.2, 0) is 20.9 Å². The van der Waals surface area contributed by atoms with E-state index in [1.54, 1.807) is 4.90 Å². The molecule has 2 N–H and O–H groups in total. The van der Waals surface area contributed by atoms with Crippen LogP contribution < -0.4 is 11.2 Å². The average molecular weight is 547 g/mol. The fraction of sp³-hybridized carbons (Fsp3) is 0.345. The van der Waals surface area contributed by atoms with Gasteiger partial charge in [-0.2, -0.15) is 0 Å². The molecule has 1 fully saturated rings. The Morgan fingerprint density at radius 1 is 1.05 bits per heavy atom. The molecule has 2 heterocycles. The van der Waals surface area contributed by atoms with Crippen molar-refractivity contribution in [2.75, 3.05) is 26.2 Å². The molecule has 0 unspecified atom stereocenters. The van der Waals surface area contributed by atoms with Crippen LogP contribution in [0.25, 0.3) is 11.1 Å². The Balaban J connectivity index is 1.27. The maximum Gasteiger partial charge on any atom is 0.410 e. The number of hydrogen-bond acceptors (Lipinski definition) is 6. The summed E-state index contributed by atoms with van der Waals surface area (Å²) in [7, 11) is 0. The number of nitrogens with zero attached hydrogens (tertiary/aromatic N) is 3. The van der Waals surface area contributed by atoms with Crippen molar-refractivity contribution < 1.29 is 24.2 Å². The molecule has 208 valence electrons. The summed E-state index contributed by atoms with van der Waals surface area (Å²) in [6.07, 6.45) is 2.00. The number of aryl methyl sites for hydroxylation is 1. The number of nitrogens with one attached hydrogen (secondary N) is 1. The minimum Gasteiger partial charge on any atom is -0.480 e. The number of likely N-dealkylation sites (tertiary alicyclic amines) is 1. The molecule has 1 saturated heterocycles. The molecular formula is C29H30N4O7. The Morgan fingerprint density at radius 3 is 2.35 bits per heavy atom. The number of amides is 2. The topological polar surface area (TPSA) is 142 Å². The fourth-order valence-electron chi connectivity index (χ4n) is 5.60. The van der Waals surface area contributed by atoms with E-state index in [-0.39, 0.29) is 24.6 Å². The molecule has 3 aromatic rings. The smallest absolute Gasteiger partial charge is 0.410 e. The van der Waals surface area contributed by atoms with Gasteiger partial charge in [0.2, 0.25) is 5.91 Å². The monoisotopic (exact) mass is 546 g/mol. The summed E-state index contributed by atoms with van der Waals surface area (Å²) in [6.45, 7) is 1.02. The molecule has 2 aliphatic rings. The van der Waals surface area contributed by atoms with E-state index in [1.807, 2.05) is 36.4 Å². The number of H-pyrrole nitrogens is 1. The molecule has 0 saturated carbocycles. The Kier molecular flexibility index (Phi) is 7.54. The number of carboxylic acids is 1. The third-order valence-corrected chi connectivity index (χ3v) is 7.55. The maximum atomic E-state index is 13.2. The molecule has 0 bridgehead atoms. The van der Waals surface area contributed by atoms with E-state index in [2.05, 4.69) is 17.1 Å². The fourth-order valence-corrected chi connectivity index (χ4v) is 5.60. The van der Waals surface area contributed by atoms with Gasteiger partial charge in [0.1, 0.15) is 19.7 Å². The number of carbonyl (C=O) groups is 3. The zero-order valence-electron chi connectivity index (χ0n) is 22.0. The summed E-state index contributed by atoms with van der Waals surface area (Å²) < 4.78 is 6.83. The van der Waals surface area contributed by atoms with Gasteiger partial charge in [-0.3, -0.25) is 23.9 Å². The van der Waals surface area contributed by atoms with Gasteiger partial charge in [-0.05, 0) is 42.0 Å². The number of aromatic nitrogens is 2. The van der Waals surface area contributed by atoms with Crippen molar-refractivity contribution >= 4 is 18.0 Å². The largest absolute Gasteiger partial charge is 0.480 e. The summed E-state index contributed by atoms with van der Waals surface area (Å²) in [6, 6.07) is 15.7. The minimum absolute atomic E-state index is 0.0214. The second-order valence-electron chi connectivity index (χ2n) is 10.2. The van der Waals surface area contributed by atoms with E-state index in [4.69, 9.17) is 4.74 Å². The second kappa shape index (κ2) is 11.2. The van der Waals surface area contributed by atoms with Crippen LogP contribution in [-0.4, -0.2) is 74.7 Å². The summed E-state index contributed by atoms with van der Waals surface area (Å²) >= 11 is 0. The molecule has 5 rings (SSSR count). The first kappa shape index (κ1) is 26.9. The normalized spacial score (nSPS) is 15.9. The number of hydrogen-bond donors (Lipinski definition) is 2. The number of ether oxygens (including phenoxy) is 1.